The molecule has 1 aliphatic rings. The van der Waals surface area contributed by atoms with Gasteiger partial charge in [-0.25, -0.2) is 18.4 Å². The summed E-state index contributed by atoms with van der Waals surface area (Å²) in [7, 11) is -3.50. The van der Waals surface area contributed by atoms with Gasteiger partial charge in [0.2, 0.25) is 5.95 Å². The lowest BCUT2D eigenvalue weighted by atomic mass is 10.1. The van der Waals surface area contributed by atoms with E-state index < -0.39 is 21.9 Å². The molecule has 0 atom stereocenters. The van der Waals surface area contributed by atoms with E-state index >= 15 is 0 Å². The van der Waals surface area contributed by atoms with Crippen LogP contribution in [0.2, 0.25) is 0 Å². The summed E-state index contributed by atoms with van der Waals surface area (Å²) in [4.78, 5) is 7.27. The van der Waals surface area contributed by atoms with Gasteiger partial charge in [-0.1, -0.05) is 6.07 Å². The third-order valence-electron chi connectivity index (χ3n) is 3.82. The summed E-state index contributed by atoms with van der Waals surface area (Å²) in [5.74, 6) is -0.102. The minimum atomic E-state index is -4.53. The Bertz CT molecular complexity index is 817. The van der Waals surface area contributed by atoms with Crippen LogP contribution in [0.1, 0.15) is 18.5 Å². The molecule has 0 bridgehead atoms. The Labute approximate surface area is 146 Å². The third kappa shape index (κ3) is 4.10. The van der Waals surface area contributed by atoms with Crippen molar-refractivity contribution < 1.29 is 21.6 Å². The number of anilines is 1. The molecule has 1 aliphatic heterocycles. The molecule has 0 spiro atoms. The summed E-state index contributed by atoms with van der Waals surface area (Å²) in [5.41, 5.74) is -1.01. The van der Waals surface area contributed by atoms with Crippen molar-refractivity contribution in [1.82, 2.24) is 14.3 Å². The van der Waals surface area contributed by atoms with Crippen LogP contribution in [-0.2, 0) is 16.2 Å². The maximum Gasteiger partial charge on any atom is 0.433 e. The first kappa shape index (κ1) is 18.1. The molecule has 1 N–H and O–H groups in total. The smallest absolute Gasteiger partial charge is 0.351 e. The van der Waals surface area contributed by atoms with Gasteiger partial charge in [-0.05, 0) is 30.4 Å². The Balaban J connectivity index is 1.62. The van der Waals surface area contributed by atoms with E-state index in [0.29, 0.717) is 17.1 Å². The first-order valence-corrected chi connectivity index (χ1v) is 9.79. The van der Waals surface area contributed by atoms with Crippen molar-refractivity contribution in [3.05, 3.63) is 35.5 Å². The number of nitrogens with one attached hydrogen (secondary N) is 1. The highest BCUT2D eigenvalue weighted by Gasteiger charge is 2.33. The van der Waals surface area contributed by atoms with Crippen LogP contribution in [0.3, 0.4) is 0 Å². The Kier molecular flexibility index (Phi) is 4.98. The predicted octanol–water partition coefficient (Wildman–Crippen LogP) is 2.82. The second kappa shape index (κ2) is 6.89. The van der Waals surface area contributed by atoms with E-state index in [2.05, 4.69) is 15.3 Å². The van der Waals surface area contributed by atoms with Crippen LogP contribution in [0, 0.1) is 0 Å². The second-order valence-corrected chi connectivity index (χ2v) is 8.63. The zero-order valence-corrected chi connectivity index (χ0v) is 14.5. The van der Waals surface area contributed by atoms with Crippen molar-refractivity contribution in [2.45, 2.75) is 29.3 Å². The Morgan fingerprint density at radius 3 is 2.56 bits per heavy atom. The average molecular weight is 392 g/mol. The summed E-state index contributed by atoms with van der Waals surface area (Å²) >= 11 is 1.16. The molecule has 0 aromatic carbocycles. The fourth-order valence-corrected chi connectivity index (χ4v) is 5.16. The van der Waals surface area contributed by atoms with Gasteiger partial charge in [-0.3, -0.25) is 0 Å². The van der Waals surface area contributed by atoms with Crippen molar-refractivity contribution in [2.24, 2.45) is 0 Å². The molecule has 0 unspecified atom stereocenters. The number of hydrogen-bond acceptors (Lipinski definition) is 6. The third-order valence-corrected chi connectivity index (χ3v) is 7.09. The lowest BCUT2D eigenvalue weighted by Gasteiger charge is -2.31. The molecule has 0 amide bonds. The van der Waals surface area contributed by atoms with Gasteiger partial charge in [0.15, 0.2) is 0 Å². The maximum absolute atomic E-state index is 12.7. The van der Waals surface area contributed by atoms with E-state index in [1.807, 2.05) is 0 Å². The largest absolute Gasteiger partial charge is 0.433 e. The Morgan fingerprint density at radius 1 is 1.24 bits per heavy atom. The number of halogens is 3. The molecule has 2 aromatic rings. The van der Waals surface area contributed by atoms with Gasteiger partial charge in [-0.15, -0.1) is 11.3 Å². The quantitative estimate of drug-likeness (QED) is 0.866. The fourth-order valence-electron chi connectivity index (χ4n) is 2.55. The molecule has 2 aromatic heterocycles. The topological polar surface area (TPSA) is 75.2 Å². The molecule has 0 radical (unpaired) electrons. The highest BCUT2D eigenvalue weighted by molar-refractivity contribution is 7.91. The predicted molar refractivity (Wildman–Crippen MR) is 86.8 cm³/mol. The number of aromatic nitrogens is 2. The molecule has 3 rings (SSSR count). The summed E-state index contributed by atoms with van der Waals surface area (Å²) in [5, 5.41) is 4.56. The van der Waals surface area contributed by atoms with Gasteiger partial charge in [0.1, 0.15) is 9.90 Å². The van der Waals surface area contributed by atoms with E-state index in [9.17, 15) is 21.6 Å². The standard InChI is InChI=1S/C14H15F3N4O2S2/c15-14(16,17)11-3-6-18-13(20-11)19-10-4-7-21(8-5-10)25(22,23)12-2-1-9-24-12/h1-3,6,9-10H,4-5,7-8H2,(H,18,19,20). The molecule has 0 saturated carbocycles. The Morgan fingerprint density at radius 2 is 1.96 bits per heavy atom. The molecule has 1 saturated heterocycles. The number of piperidine rings is 1. The van der Waals surface area contributed by atoms with Gasteiger partial charge in [0.25, 0.3) is 10.0 Å². The van der Waals surface area contributed by atoms with Crippen molar-refractivity contribution in [3.63, 3.8) is 0 Å². The zero-order chi connectivity index (χ0) is 18.1. The first-order chi connectivity index (χ1) is 11.8. The maximum atomic E-state index is 12.7. The molecule has 136 valence electrons. The van der Waals surface area contributed by atoms with Crippen molar-refractivity contribution in [1.29, 1.82) is 0 Å². The van der Waals surface area contributed by atoms with Crippen LogP contribution in [-0.4, -0.2) is 41.8 Å². The van der Waals surface area contributed by atoms with Gasteiger partial charge >= 0.3 is 6.18 Å². The fraction of sp³-hybridized carbons (Fsp3) is 0.429. The lowest BCUT2D eigenvalue weighted by molar-refractivity contribution is -0.141. The van der Waals surface area contributed by atoms with Crippen LogP contribution in [0.15, 0.2) is 34.0 Å². The van der Waals surface area contributed by atoms with Crippen LogP contribution >= 0.6 is 11.3 Å². The van der Waals surface area contributed by atoms with Gasteiger partial charge in [-0.2, -0.15) is 17.5 Å². The normalized spacial score (nSPS) is 17.6. The number of sulfonamides is 1. The molecular weight excluding hydrogens is 377 g/mol. The SMILES string of the molecule is O=S(=O)(c1cccs1)N1CCC(Nc2nccc(C(F)(F)F)n2)CC1. The number of hydrogen-bond donors (Lipinski definition) is 1. The minimum absolute atomic E-state index is 0.102. The van der Waals surface area contributed by atoms with Gasteiger partial charge < -0.3 is 5.32 Å². The average Bonchev–Trinajstić information content (AvgIpc) is 3.10. The zero-order valence-electron chi connectivity index (χ0n) is 12.9. The van der Waals surface area contributed by atoms with Crippen molar-refractivity contribution in [3.8, 4) is 0 Å². The summed E-state index contributed by atoms with van der Waals surface area (Å²) in [6.07, 6.45) is -2.56. The molecule has 0 aliphatic carbocycles. The summed E-state index contributed by atoms with van der Waals surface area (Å²) in [6, 6.07) is 3.86. The van der Waals surface area contributed by atoms with Gasteiger partial charge in [0, 0.05) is 25.3 Å². The first-order valence-electron chi connectivity index (χ1n) is 7.47. The molecule has 3 heterocycles. The molecular formula is C14H15F3N4O2S2. The number of rotatable bonds is 4. The van der Waals surface area contributed by atoms with Crippen LogP contribution in [0.25, 0.3) is 0 Å². The minimum Gasteiger partial charge on any atom is -0.351 e. The highest BCUT2D eigenvalue weighted by atomic mass is 32.2. The number of thiophene rings is 1. The molecule has 11 heteroatoms. The second-order valence-electron chi connectivity index (χ2n) is 5.52. The van der Waals surface area contributed by atoms with Crippen molar-refractivity contribution in [2.75, 3.05) is 18.4 Å². The highest BCUT2D eigenvalue weighted by Crippen LogP contribution is 2.28. The van der Waals surface area contributed by atoms with E-state index in [-0.39, 0.29) is 25.1 Å². The van der Waals surface area contributed by atoms with E-state index in [0.717, 1.165) is 23.6 Å². The van der Waals surface area contributed by atoms with E-state index in [1.165, 1.54) is 4.31 Å². The molecule has 25 heavy (non-hydrogen) atoms. The van der Waals surface area contributed by atoms with E-state index in [1.54, 1.807) is 17.5 Å². The van der Waals surface area contributed by atoms with Gasteiger partial charge in [0.05, 0.1) is 0 Å². The van der Waals surface area contributed by atoms with Crippen LogP contribution < -0.4 is 5.32 Å². The molecule has 6 nitrogen and oxygen atoms in total. The lowest BCUT2D eigenvalue weighted by Crippen LogP contribution is -2.42. The molecule has 1 fully saturated rings. The summed E-state index contributed by atoms with van der Waals surface area (Å²) in [6.45, 7) is 0.577. The summed E-state index contributed by atoms with van der Waals surface area (Å²) < 4.78 is 64.6. The Hall–Kier alpha value is -1.72. The van der Waals surface area contributed by atoms with Crippen LogP contribution in [0.4, 0.5) is 19.1 Å². The van der Waals surface area contributed by atoms with Crippen LogP contribution in [0.5, 0.6) is 0 Å². The van der Waals surface area contributed by atoms with Crippen molar-refractivity contribution >= 4 is 27.3 Å². The number of nitrogens with zero attached hydrogens (tertiary/aromatic N) is 3. The number of alkyl halides is 3. The van der Waals surface area contributed by atoms with E-state index in [4.69, 9.17) is 0 Å². The monoisotopic (exact) mass is 392 g/mol.